The summed E-state index contributed by atoms with van der Waals surface area (Å²) >= 11 is 0. The van der Waals surface area contributed by atoms with E-state index < -0.39 is 0 Å². The molecule has 0 spiro atoms. The summed E-state index contributed by atoms with van der Waals surface area (Å²) < 4.78 is 11.5. The molecule has 0 amide bonds. The summed E-state index contributed by atoms with van der Waals surface area (Å²) in [4.78, 5) is 2.11. The van der Waals surface area contributed by atoms with E-state index in [0.717, 1.165) is 29.8 Å². The Morgan fingerprint density at radius 3 is 2.29 bits per heavy atom. The van der Waals surface area contributed by atoms with Crippen LogP contribution in [0.3, 0.4) is 0 Å². The maximum absolute atomic E-state index is 9.98. The first-order valence-electron chi connectivity index (χ1n) is 8.34. The van der Waals surface area contributed by atoms with Gasteiger partial charge in [-0.25, -0.2) is 0 Å². The highest BCUT2D eigenvalue weighted by Crippen LogP contribution is 2.45. The van der Waals surface area contributed by atoms with Crippen LogP contribution < -0.4 is 9.64 Å². The Labute approximate surface area is 143 Å². The highest BCUT2D eigenvalue weighted by Gasteiger charge is 2.52. The minimum Gasteiger partial charge on any atom is -0.497 e. The third-order valence-corrected chi connectivity index (χ3v) is 4.84. The molecule has 3 rings (SSSR count). The highest BCUT2D eigenvalue weighted by molar-refractivity contribution is 5.50. The predicted molar refractivity (Wildman–Crippen MR) is 95.5 cm³/mol. The van der Waals surface area contributed by atoms with Gasteiger partial charge in [-0.15, -0.1) is 0 Å². The maximum atomic E-state index is 9.98. The molecule has 0 unspecified atom stereocenters. The van der Waals surface area contributed by atoms with E-state index in [-0.39, 0.29) is 18.2 Å². The molecule has 0 saturated heterocycles. The van der Waals surface area contributed by atoms with Gasteiger partial charge in [0.1, 0.15) is 5.75 Å². The summed E-state index contributed by atoms with van der Waals surface area (Å²) in [6.07, 6.45) is 1.96. The average molecular weight is 327 g/mol. The number of ether oxygens (including phenoxy) is 2. The van der Waals surface area contributed by atoms with Crippen molar-refractivity contribution < 1.29 is 14.6 Å². The van der Waals surface area contributed by atoms with Gasteiger partial charge in [0.2, 0.25) is 0 Å². The third kappa shape index (κ3) is 3.55. The van der Waals surface area contributed by atoms with Crippen LogP contribution in [0.2, 0.25) is 0 Å². The molecule has 4 heteroatoms. The van der Waals surface area contributed by atoms with Gasteiger partial charge in [-0.05, 0) is 42.7 Å². The second kappa shape index (κ2) is 7.24. The van der Waals surface area contributed by atoms with Crippen molar-refractivity contribution in [3.63, 3.8) is 0 Å². The highest BCUT2D eigenvalue weighted by atomic mass is 16.5. The van der Waals surface area contributed by atoms with E-state index in [2.05, 4.69) is 17.0 Å². The zero-order chi connectivity index (χ0) is 17.0. The van der Waals surface area contributed by atoms with Crippen molar-refractivity contribution in [2.75, 3.05) is 25.7 Å². The number of aliphatic hydroxyl groups excluding tert-OH is 1. The average Bonchev–Trinajstić information content (AvgIpc) is 3.42. The zero-order valence-electron chi connectivity index (χ0n) is 14.3. The van der Waals surface area contributed by atoms with Crippen molar-refractivity contribution in [1.29, 1.82) is 0 Å². The molecule has 1 aliphatic rings. The van der Waals surface area contributed by atoms with Crippen LogP contribution in [0.15, 0.2) is 54.6 Å². The molecule has 2 aromatic carbocycles. The van der Waals surface area contributed by atoms with E-state index in [1.165, 1.54) is 0 Å². The fourth-order valence-corrected chi connectivity index (χ4v) is 3.14. The van der Waals surface area contributed by atoms with Gasteiger partial charge in [-0.2, -0.15) is 0 Å². The van der Waals surface area contributed by atoms with Gasteiger partial charge in [0.15, 0.2) is 0 Å². The SMILES string of the molecule is COc1ccc(N(C)[C@@H](CO)C2(OCc3ccccc3)CC2)cc1. The van der Waals surface area contributed by atoms with Gasteiger partial charge < -0.3 is 19.5 Å². The van der Waals surface area contributed by atoms with Crippen molar-refractivity contribution >= 4 is 5.69 Å². The van der Waals surface area contributed by atoms with Crippen molar-refractivity contribution in [2.24, 2.45) is 0 Å². The molecule has 1 fully saturated rings. The molecular formula is C20H25NO3. The minimum atomic E-state index is -0.265. The Kier molecular flexibility index (Phi) is 5.07. The van der Waals surface area contributed by atoms with E-state index in [1.54, 1.807) is 7.11 Å². The first-order chi connectivity index (χ1) is 11.7. The topological polar surface area (TPSA) is 41.9 Å². The fourth-order valence-electron chi connectivity index (χ4n) is 3.14. The number of methoxy groups -OCH3 is 1. The van der Waals surface area contributed by atoms with Crippen LogP contribution in [0.1, 0.15) is 18.4 Å². The van der Waals surface area contributed by atoms with Crippen LogP contribution >= 0.6 is 0 Å². The van der Waals surface area contributed by atoms with Gasteiger partial charge >= 0.3 is 0 Å². The van der Waals surface area contributed by atoms with Crippen LogP contribution in [0.4, 0.5) is 5.69 Å². The first kappa shape index (κ1) is 16.8. The normalized spacial score (nSPS) is 16.5. The van der Waals surface area contributed by atoms with Gasteiger partial charge in [0.05, 0.1) is 32.0 Å². The van der Waals surface area contributed by atoms with Crippen molar-refractivity contribution in [2.45, 2.75) is 31.1 Å². The van der Waals surface area contributed by atoms with Gasteiger partial charge in [-0.3, -0.25) is 0 Å². The minimum absolute atomic E-state index is 0.0605. The number of nitrogens with zero attached hydrogens (tertiary/aromatic N) is 1. The molecule has 1 aliphatic carbocycles. The zero-order valence-corrected chi connectivity index (χ0v) is 14.3. The molecule has 24 heavy (non-hydrogen) atoms. The second-order valence-corrected chi connectivity index (χ2v) is 6.35. The summed E-state index contributed by atoms with van der Waals surface area (Å²) in [6.45, 7) is 0.644. The van der Waals surface area contributed by atoms with Gasteiger partial charge in [0.25, 0.3) is 0 Å². The lowest BCUT2D eigenvalue weighted by Crippen LogP contribution is -2.47. The molecule has 0 radical (unpaired) electrons. The molecule has 0 aliphatic heterocycles. The number of likely N-dealkylation sites (N-methyl/N-ethyl adjacent to an activating group) is 1. The molecule has 2 aromatic rings. The standard InChI is InChI=1S/C20H25NO3/c1-21(17-8-10-18(23-2)11-9-17)19(14-22)20(12-13-20)24-15-16-6-4-3-5-7-16/h3-11,19,22H,12-15H2,1-2H3/t19-/m0/s1. The Morgan fingerprint density at radius 2 is 1.75 bits per heavy atom. The first-order valence-corrected chi connectivity index (χ1v) is 8.34. The number of benzene rings is 2. The van der Waals surface area contributed by atoms with E-state index in [0.29, 0.717) is 6.61 Å². The van der Waals surface area contributed by atoms with Gasteiger partial charge in [0, 0.05) is 12.7 Å². The lowest BCUT2D eigenvalue weighted by atomic mass is 10.1. The molecule has 1 atom stereocenters. The molecule has 1 N–H and O–H groups in total. The third-order valence-electron chi connectivity index (χ3n) is 4.84. The van der Waals surface area contributed by atoms with Crippen LogP contribution in [0.25, 0.3) is 0 Å². The number of rotatable bonds is 8. The lowest BCUT2D eigenvalue weighted by molar-refractivity contribution is -0.0110. The number of hydrogen-bond donors (Lipinski definition) is 1. The van der Waals surface area contributed by atoms with Crippen LogP contribution in [0, 0.1) is 0 Å². The summed E-state index contributed by atoms with van der Waals surface area (Å²) in [5.74, 6) is 0.828. The molecule has 0 bridgehead atoms. The van der Waals surface area contributed by atoms with E-state index >= 15 is 0 Å². The molecule has 128 valence electrons. The summed E-state index contributed by atoms with van der Waals surface area (Å²) in [6, 6.07) is 18.0. The second-order valence-electron chi connectivity index (χ2n) is 6.35. The van der Waals surface area contributed by atoms with E-state index in [9.17, 15) is 5.11 Å². The van der Waals surface area contributed by atoms with Crippen LogP contribution in [-0.4, -0.2) is 37.5 Å². The molecule has 1 saturated carbocycles. The summed E-state index contributed by atoms with van der Waals surface area (Å²) in [5.41, 5.74) is 1.94. The smallest absolute Gasteiger partial charge is 0.119 e. The Balaban J connectivity index is 1.69. The monoisotopic (exact) mass is 327 g/mol. The van der Waals surface area contributed by atoms with E-state index in [1.807, 2.05) is 49.5 Å². The number of aliphatic hydroxyl groups is 1. The quantitative estimate of drug-likeness (QED) is 0.808. The van der Waals surface area contributed by atoms with Gasteiger partial charge in [-0.1, -0.05) is 30.3 Å². The summed E-state index contributed by atoms with van der Waals surface area (Å²) in [5, 5.41) is 9.98. The molecule has 4 nitrogen and oxygen atoms in total. The lowest BCUT2D eigenvalue weighted by Gasteiger charge is -2.35. The molecule has 0 aromatic heterocycles. The van der Waals surface area contributed by atoms with Crippen LogP contribution in [-0.2, 0) is 11.3 Å². The van der Waals surface area contributed by atoms with E-state index in [4.69, 9.17) is 9.47 Å². The number of anilines is 1. The Morgan fingerprint density at radius 1 is 1.08 bits per heavy atom. The molecular weight excluding hydrogens is 302 g/mol. The maximum Gasteiger partial charge on any atom is 0.119 e. The Bertz CT molecular complexity index is 638. The van der Waals surface area contributed by atoms with Crippen molar-refractivity contribution in [3.05, 3.63) is 60.2 Å². The largest absolute Gasteiger partial charge is 0.497 e. The summed E-state index contributed by atoms with van der Waals surface area (Å²) in [7, 11) is 3.67. The Hall–Kier alpha value is -2.04. The molecule has 0 heterocycles. The van der Waals surface area contributed by atoms with Crippen molar-refractivity contribution in [3.8, 4) is 5.75 Å². The van der Waals surface area contributed by atoms with Crippen LogP contribution in [0.5, 0.6) is 5.75 Å². The van der Waals surface area contributed by atoms with Crippen molar-refractivity contribution in [1.82, 2.24) is 0 Å². The fraction of sp³-hybridized carbons (Fsp3) is 0.400. The number of hydrogen-bond acceptors (Lipinski definition) is 4. The predicted octanol–water partition coefficient (Wildman–Crippen LogP) is 3.24.